The Morgan fingerprint density at radius 3 is 2.18 bits per heavy atom. The van der Waals surface area contributed by atoms with Crippen LogP contribution in [0.2, 0.25) is 0 Å². The van der Waals surface area contributed by atoms with Crippen molar-refractivity contribution >= 4 is 20.2 Å². The summed E-state index contributed by atoms with van der Waals surface area (Å²) in [6.07, 6.45) is 0.440. The molecule has 2 unspecified atom stereocenters. The molecule has 0 aliphatic carbocycles. The first kappa shape index (κ1) is 14.8. The van der Waals surface area contributed by atoms with E-state index >= 15 is 0 Å². The van der Waals surface area contributed by atoms with Gasteiger partial charge in [0.1, 0.15) is 5.88 Å². The van der Waals surface area contributed by atoms with Gasteiger partial charge in [-0.15, -0.1) is 0 Å². The second kappa shape index (κ2) is 4.44. The largest absolute Gasteiger partial charge is 0.323 e. The SMILES string of the molecule is CCC1(N)CN(CS(=O)(=O)O)C1CS(=O)(=O)O. The lowest BCUT2D eigenvalue weighted by atomic mass is 9.80. The van der Waals surface area contributed by atoms with Crippen LogP contribution in [0.4, 0.5) is 0 Å². The quantitative estimate of drug-likeness (QED) is 0.520. The summed E-state index contributed by atoms with van der Waals surface area (Å²) in [5.41, 5.74) is 5.01. The molecule has 0 radical (unpaired) electrons. The Hall–Kier alpha value is -0.260. The fourth-order valence-electron chi connectivity index (χ4n) is 2.01. The highest BCUT2D eigenvalue weighted by molar-refractivity contribution is 7.86. The minimum Gasteiger partial charge on any atom is -0.323 e. The van der Waals surface area contributed by atoms with Crippen molar-refractivity contribution < 1.29 is 25.9 Å². The number of rotatable bonds is 5. The van der Waals surface area contributed by atoms with E-state index in [4.69, 9.17) is 14.8 Å². The molecule has 17 heavy (non-hydrogen) atoms. The number of hydrogen-bond acceptors (Lipinski definition) is 6. The third-order valence-corrected chi connectivity index (χ3v) is 4.35. The van der Waals surface area contributed by atoms with Gasteiger partial charge in [-0.1, -0.05) is 6.92 Å². The molecule has 1 fully saturated rings. The van der Waals surface area contributed by atoms with Crippen molar-refractivity contribution in [2.24, 2.45) is 5.73 Å². The van der Waals surface area contributed by atoms with Crippen LogP contribution in [0.25, 0.3) is 0 Å². The fourth-order valence-corrected chi connectivity index (χ4v) is 3.64. The van der Waals surface area contributed by atoms with Crippen LogP contribution >= 0.6 is 0 Å². The minimum atomic E-state index is -4.25. The third-order valence-electron chi connectivity index (χ3n) is 2.96. The van der Waals surface area contributed by atoms with E-state index in [9.17, 15) is 16.8 Å². The highest BCUT2D eigenvalue weighted by Gasteiger charge is 2.51. The van der Waals surface area contributed by atoms with Crippen LogP contribution in [0.5, 0.6) is 0 Å². The van der Waals surface area contributed by atoms with Crippen LogP contribution in [0, 0.1) is 0 Å². The average Bonchev–Trinajstić information content (AvgIpc) is 2.10. The van der Waals surface area contributed by atoms with E-state index in [0.29, 0.717) is 6.42 Å². The molecule has 102 valence electrons. The number of likely N-dealkylation sites (tertiary alicyclic amines) is 1. The number of nitrogens with zero attached hydrogens (tertiary/aromatic N) is 1. The average molecular weight is 288 g/mol. The van der Waals surface area contributed by atoms with Gasteiger partial charge in [0.15, 0.2) is 0 Å². The van der Waals surface area contributed by atoms with Gasteiger partial charge >= 0.3 is 0 Å². The van der Waals surface area contributed by atoms with Gasteiger partial charge < -0.3 is 5.73 Å². The van der Waals surface area contributed by atoms with Crippen LogP contribution in [-0.4, -0.2) is 60.6 Å². The summed E-state index contributed by atoms with van der Waals surface area (Å²) in [6, 6.07) is -0.815. The van der Waals surface area contributed by atoms with Crippen molar-refractivity contribution in [3.63, 3.8) is 0 Å². The maximum Gasteiger partial charge on any atom is 0.278 e. The summed E-state index contributed by atoms with van der Waals surface area (Å²) in [4.78, 5) is 1.21. The Balaban J connectivity index is 2.84. The van der Waals surface area contributed by atoms with E-state index in [1.807, 2.05) is 0 Å². The zero-order chi connectivity index (χ0) is 13.5. The maximum absolute atomic E-state index is 10.8. The summed E-state index contributed by atoms with van der Waals surface area (Å²) in [5.74, 6) is -1.33. The van der Waals surface area contributed by atoms with Crippen molar-refractivity contribution in [1.29, 1.82) is 0 Å². The van der Waals surface area contributed by atoms with Crippen molar-refractivity contribution in [2.75, 3.05) is 18.2 Å². The number of nitrogens with two attached hydrogens (primary N) is 1. The summed E-state index contributed by atoms with van der Waals surface area (Å²) in [5, 5.41) is 0. The molecule has 0 amide bonds. The smallest absolute Gasteiger partial charge is 0.278 e. The van der Waals surface area contributed by atoms with Gasteiger partial charge in [-0.3, -0.25) is 14.0 Å². The highest BCUT2D eigenvalue weighted by Crippen LogP contribution is 2.31. The second-order valence-corrected chi connectivity index (χ2v) is 7.23. The van der Waals surface area contributed by atoms with Crippen LogP contribution in [0.15, 0.2) is 0 Å². The molecule has 0 aromatic carbocycles. The first-order valence-corrected chi connectivity index (χ1v) is 8.12. The van der Waals surface area contributed by atoms with Crippen molar-refractivity contribution in [2.45, 2.75) is 24.9 Å². The van der Waals surface area contributed by atoms with E-state index in [2.05, 4.69) is 0 Å². The molecule has 4 N–H and O–H groups in total. The molecule has 0 bridgehead atoms. The predicted molar refractivity (Wildman–Crippen MR) is 60.5 cm³/mol. The van der Waals surface area contributed by atoms with Crippen molar-refractivity contribution in [3.8, 4) is 0 Å². The molecule has 8 nitrogen and oxygen atoms in total. The monoisotopic (exact) mass is 288 g/mol. The summed E-state index contributed by atoms with van der Waals surface area (Å²) in [6.45, 7) is 1.89. The molecule has 1 saturated heterocycles. The van der Waals surface area contributed by atoms with Crippen LogP contribution in [0.1, 0.15) is 13.3 Å². The molecule has 0 aromatic rings. The zero-order valence-corrected chi connectivity index (χ0v) is 10.9. The Kier molecular flexibility index (Phi) is 3.87. The Morgan fingerprint density at radius 1 is 1.29 bits per heavy atom. The standard InChI is InChI=1S/C7H16N2O6S2/c1-2-7(8)4-9(5-17(13,14)15)6(7)3-16(10,11)12/h6H,2-5,8H2,1H3,(H,10,11,12)(H,13,14,15). The molecule has 1 aliphatic rings. The van der Waals surface area contributed by atoms with Gasteiger partial charge in [0.05, 0.1) is 5.75 Å². The topological polar surface area (TPSA) is 138 Å². The maximum atomic E-state index is 10.8. The first-order valence-electron chi connectivity index (χ1n) is 4.90. The lowest BCUT2D eigenvalue weighted by Crippen LogP contribution is -2.76. The zero-order valence-electron chi connectivity index (χ0n) is 9.27. The second-order valence-electron chi connectivity index (χ2n) is 4.31. The van der Waals surface area contributed by atoms with E-state index in [1.54, 1.807) is 6.92 Å². The molecule has 1 heterocycles. The lowest BCUT2D eigenvalue weighted by molar-refractivity contribution is 0.0152. The molecular weight excluding hydrogens is 272 g/mol. The molecular formula is C7H16N2O6S2. The van der Waals surface area contributed by atoms with Gasteiger partial charge in [0.2, 0.25) is 0 Å². The van der Waals surface area contributed by atoms with Gasteiger partial charge in [0.25, 0.3) is 20.2 Å². The van der Waals surface area contributed by atoms with Crippen LogP contribution in [-0.2, 0) is 20.2 Å². The molecule has 1 rings (SSSR count). The van der Waals surface area contributed by atoms with Gasteiger partial charge in [-0.25, -0.2) is 0 Å². The van der Waals surface area contributed by atoms with Gasteiger partial charge in [-0.2, -0.15) is 16.8 Å². The third kappa shape index (κ3) is 3.86. The highest BCUT2D eigenvalue weighted by atomic mass is 32.2. The molecule has 0 spiro atoms. The Bertz CT molecular complexity index is 486. The Morgan fingerprint density at radius 2 is 1.82 bits per heavy atom. The predicted octanol–water partition coefficient (Wildman–Crippen LogP) is -1.49. The Labute approximate surface area is 100 Å². The molecule has 0 saturated carbocycles. The number of hydrogen-bond donors (Lipinski definition) is 3. The molecule has 0 aromatic heterocycles. The summed E-state index contributed by atoms with van der Waals surface area (Å²) < 4.78 is 60.5. The summed E-state index contributed by atoms with van der Waals surface area (Å²) in [7, 11) is -8.49. The van der Waals surface area contributed by atoms with E-state index in [-0.39, 0.29) is 6.54 Å². The van der Waals surface area contributed by atoms with Crippen molar-refractivity contribution in [1.82, 2.24) is 4.90 Å². The summed E-state index contributed by atoms with van der Waals surface area (Å²) >= 11 is 0. The lowest BCUT2D eigenvalue weighted by Gasteiger charge is -2.54. The van der Waals surface area contributed by atoms with Gasteiger partial charge in [0, 0.05) is 18.1 Å². The van der Waals surface area contributed by atoms with E-state index in [0.717, 1.165) is 0 Å². The molecule has 2 atom stereocenters. The molecule has 1 aliphatic heterocycles. The van der Waals surface area contributed by atoms with E-state index < -0.39 is 43.4 Å². The first-order chi connectivity index (χ1) is 7.47. The minimum absolute atomic E-state index is 0.156. The van der Waals surface area contributed by atoms with Crippen LogP contribution in [0.3, 0.4) is 0 Å². The van der Waals surface area contributed by atoms with Crippen molar-refractivity contribution in [3.05, 3.63) is 0 Å². The van der Waals surface area contributed by atoms with Gasteiger partial charge in [-0.05, 0) is 6.42 Å². The molecule has 10 heteroatoms. The fraction of sp³-hybridized carbons (Fsp3) is 1.00. The van der Waals surface area contributed by atoms with Crippen LogP contribution < -0.4 is 5.73 Å². The van der Waals surface area contributed by atoms with E-state index in [1.165, 1.54) is 4.90 Å². The normalized spacial score (nSPS) is 31.2.